The largest absolute Gasteiger partial charge is 0.480 e. The number of nitrogens with zero attached hydrogens (tertiary/aromatic N) is 8. The molecule has 0 spiro atoms. The molecule has 0 unspecified atom stereocenters. The van der Waals surface area contributed by atoms with Crippen molar-refractivity contribution in [3.63, 3.8) is 0 Å². The van der Waals surface area contributed by atoms with E-state index in [4.69, 9.17) is 16.3 Å². The second kappa shape index (κ2) is 8.58. The first-order valence-electron chi connectivity index (χ1n) is 9.22. The number of ether oxygens (including phenoxy) is 1. The standard InChI is InChI=1S/C19H14ClF3N8O2/c1-30-14(16(28-29-30)17-24-7-12(8-25-17)19(21,22)23)9-31-15(32)4-11(6-27-31)10-3-13(20)18(33-2)26-5-10/h3-8H,9H2,1-2H3. The Morgan fingerprint density at radius 3 is 2.36 bits per heavy atom. The van der Waals surface area contributed by atoms with E-state index < -0.39 is 17.3 Å². The van der Waals surface area contributed by atoms with E-state index in [2.05, 4.69) is 30.4 Å². The molecule has 4 aromatic heterocycles. The Labute approximate surface area is 188 Å². The number of aryl methyl sites for hydroxylation is 1. The number of halogens is 4. The maximum absolute atomic E-state index is 12.8. The van der Waals surface area contributed by atoms with Gasteiger partial charge < -0.3 is 4.74 Å². The average molecular weight is 479 g/mol. The van der Waals surface area contributed by atoms with Crippen LogP contribution in [0, 0.1) is 0 Å². The minimum atomic E-state index is -4.56. The first-order valence-corrected chi connectivity index (χ1v) is 9.60. The van der Waals surface area contributed by atoms with Gasteiger partial charge in [0.25, 0.3) is 5.56 Å². The van der Waals surface area contributed by atoms with Gasteiger partial charge in [-0.3, -0.25) is 4.79 Å². The summed E-state index contributed by atoms with van der Waals surface area (Å²) in [5.41, 5.74) is 0.140. The lowest BCUT2D eigenvalue weighted by molar-refractivity contribution is -0.138. The van der Waals surface area contributed by atoms with Crippen molar-refractivity contribution in [3.05, 3.63) is 63.6 Å². The molecule has 0 aromatic carbocycles. The molecule has 0 saturated heterocycles. The molecule has 14 heteroatoms. The minimum absolute atomic E-state index is 0.0604. The third-order valence-corrected chi connectivity index (χ3v) is 4.91. The summed E-state index contributed by atoms with van der Waals surface area (Å²) in [6.45, 7) is -0.0655. The van der Waals surface area contributed by atoms with E-state index in [-0.39, 0.29) is 29.0 Å². The summed E-state index contributed by atoms with van der Waals surface area (Å²) in [5, 5.41) is 12.2. The lowest BCUT2D eigenvalue weighted by Crippen LogP contribution is -2.24. The van der Waals surface area contributed by atoms with Crippen LogP contribution in [0.5, 0.6) is 5.88 Å². The Bertz CT molecular complexity index is 1370. The number of hydrogen-bond donors (Lipinski definition) is 0. The normalized spacial score (nSPS) is 11.6. The fourth-order valence-corrected chi connectivity index (χ4v) is 3.15. The first kappa shape index (κ1) is 22.3. The van der Waals surface area contributed by atoms with Crippen molar-refractivity contribution in [2.24, 2.45) is 7.05 Å². The van der Waals surface area contributed by atoms with E-state index in [1.165, 1.54) is 30.3 Å². The summed E-state index contributed by atoms with van der Waals surface area (Å²) in [6.07, 6.45) is -0.287. The lowest BCUT2D eigenvalue weighted by atomic mass is 10.1. The summed E-state index contributed by atoms with van der Waals surface area (Å²) in [7, 11) is 3.01. The maximum Gasteiger partial charge on any atom is 0.419 e. The van der Waals surface area contributed by atoms with Gasteiger partial charge in [-0.25, -0.2) is 24.3 Å². The van der Waals surface area contributed by atoms with Crippen molar-refractivity contribution in [2.45, 2.75) is 12.7 Å². The van der Waals surface area contributed by atoms with E-state index in [0.717, 1.165) is 4.68 Å². The zero-order valence-corrected chi connectivity index (χ0v) is 17.8. The summed E-state index contributed by atoms with van der Waals surface area (Å²) in [4.78, 5) is 24.2. The van der Waals surface area contributed by atoms with Crippen LogP contribution in [-0.4, -0.2) is 46.8 Å². The van der Waals surface area contributed by atoms with Crippen LogP contribution in [0.25, 0.3) is 22.6 Å². The van der Waals surface area contributed by atoms with Crippen LogP contribution in [0.2, 0.25) is 5.02 Å². The molecule has 0 atom stereocenters. The minimum Gasteiger partial charge on any atom is -0.480 e. The molecule has 0 bridgehead atoms. The van der Waals surface area contributed by atoms with Crippen molar-refractivity contribution in [3.8, 4) is 28.5 Å². The van der Waals surface area contributed by atoms with Crippen LogP contribution in [0.1, 0.15) is 11.3 Å². The van der Waals surface area contributed by atoms with Gasteiger partial charge in [-0.05, 0) is 6.07 Å². The summed E-state index contributed by atoms with van der Waals surface area (Å²) >= 11 is 6.09. The Kier molecular flexibility index (Phi) is 5.80. The van der Waals surface area contributed by atoms with Gasteiger partial charge in [0.15, 0.2) is 11.5 Å². The highest BCUT2D eigenvalue weighted by Crippen LogP contribution is 2.29. The monoisotopic (exact) mass is 478 g/mol. The summed E-state index contributed by atoms with van der Waals surface area (Å²) < 4.78 is 45.9. The molecule has 0 aliphatic heterocycles. The van der Waals surface area contributed by atoms with Crippen molar-refractivity contribution >= 4 is 11.6 Å². The Hall–Kier alpha value is -3.87. The molecule has 4 rings (SSSR count). The Morgan fingerprint density at radius 1 is 1.06 bits per heavy atom. The average Bonchev–Trinajstić information content (AvgIpc) is 3.14. The quantitative estimate of drug-likeness (QED) is 0.430. The molecule has 170 valence electrons. The van der Waals surface area contributed by atoms with Crippen molar-refractivity contribution < 1.29 is 17.9 Å². The first-order chi connectivity index (χ1) is 15.7. The van der Waals surface area contributed by atoms with Crippen molar-refractivity contribution in [1.29, 1.82) is 0 Å². The number of pyridine rings is 1. The topological polar surface area (TPSA) is 114 Å². The number of aromatic nitrogens is 8. The highest BCUT2D eigenvalue weighted by atomic mass is 35.5. The predicted molar refractivity (Wildman–Crippen MR) is 109 cm³/mol. The van der Waals surface area contributed by atoms with Gasteiger partial charge in [-0.15, -0.1) is 5.10 Å². The molecule has 0 N–H and O–H groups in total. The van der Waals surface area contributed by atoms with Gasteiger partial charge in [-0.2, -0.15) is 18.3 Å². The zero-order valence-electron chi connectivity index (χ0n) is 17.1. The fraction of sp³-hybridized carbons (Fsp3) is 0.211. The van der Waals surface area contributed by atoms with Gasteiger partial charge in [0.2, 0.25) is 5.88 Å². The molecule has 4 aromatic rings. The van der Waals surface area contributed by atoms with Crippen LogP contribution in [-0.2, 0) is 19.8 Å². The van der Waals surface area contributed by atoms with Crippen LogP contribution < -0.4 is 10.3 Å². The molecule has 0 aliphatic rings. The Balaban J connectivity index is 1.63. The van der Waals surface area contributed by atoms with Crippen molar-refractivity contribution in [1.82, 2.24) is 39.7 Å². The van der Waals surface area contributed by atoms with Gasteiger partial charge >= 0.3 is 6.18 Å². The molecule has 4 heterocycles. The summed E-state index contributed by atoms with van der Waals surface area (Å²) in [6, 6.07) is 2.95. The molecule has 0 saturated carbocycles. The predicted octanol–water partition coefficient (Wildman–Crippen LogP) is 2.62. The van der Waals surface area contributed by atoms with E-state index >= 15 is 0 Å². The molecular formula is C19H14ClF3N8O2. The highest BCUT2D eigenvalue weighted by molar-refractivity contribution is 6.32. The summed E-state index contributed by atoms with van der Waals surface area (Å²) in [5.74, 6) is 0.193. The second-order valence-electron chi connectivity index (χ2n) is 6.76. The fourth-order valence-electron chi connectivity index (χ4n) is 2.91. The molecular weight excluding hydrogens is 465 g/mol. The second-order valence-corrected chi connectivity index (χ2v) is 7.16. The van der Waals surface area contributed by atoms with Crippen LogP contribution >= 0.6 is 11.6 Å². The van der Waals surface area contributed by atoms with Gasteiger partial charge in [0.05, 0.1) is 31.1 Å². The molecule has 0 aliphatic carbocycles. The van der Waals surface area contributed by atoms with Crippen LogP contribution in [0.15, 0.2) is 41.7 Å². The van der Waals surface area contributed by atoms with Crippen LogP contribution in [0.4, 0.5) is 13.2 Å². The molecule has 0 radical (unpaired) electrons. The number of alkyl halides is 3. The zero-order chi connectivity index (χ0) is 23.8. The smallest absolute Gasteiger partial charge is 0.419 e. The molecule has 33 heavy (non-hydrogen) atoms. The SMILES string of the molecule is COc1ncc(-c2cnn(Cc3c(-c4ncc(C(F)(F)F)cn4)nnn3C)c(=O)c2)cc1Cl. The number of methoxy groups -OCH3 is 1. The third kappa shape index (κ3) is 4.53. The van der Waals surface area contributed by atoms with Gasteiger partial charge in [-0.1, -0.05) is 16.8 Å². The Morgan fingerprint density at radius 2 is 1.76 bits per heavy atom. The number of rotatable bonds is 5. The lowest BCUT2D eigenvalue weighted by Gasteiger charge is -2.09. The van der Waals surface area contributed by atoms with E-state index in [9.17, 15) is 18.0 Å². The van der Waals surface area contributed by atoms with Gasteiger partial charge in [0, 0.05) is 42.8 Å². The number of hydrogen-bond acceptors (Lipinski definition) is 8. The highest BCUT2D eigenvalue weighted by Gasteiger charge is 2.31. The van der Waals surface area contributed by atoms with E-state index in [1.54, 1.807) is 13.1 Å². The molecule has 10 nitrogen and oxygen atoms in total. The van der Waals surface area contributed by atoms with E-state index in [1.807, 2.05) is 0 Å². The van der Waals surface area contributed by atoms with E-state index in [0.29, 0.717) is 29.2 Å². The molecule has 0 fully saturated rings. The third-order valence-electron chi connectivity index (χ3n) is 4.64. The van der Waals surface area contributed by atoms with Crippen molar-refractivity contribution in [2.75, 3.05) is 7.11 Å². The maximum atomic E-state index is 12.8. The van der Waals surface area contributed by atoms with Gasteiger partial charge in [0.1, 0.15) is 5.02 Å². The molecule has 0 amide bonds. The van der Waals surface area contributed by atoms with Crippen LogP contribution in [0.3, 0.4) is 0 Å².